The second-order valence-electron chi connectivity index (χ2n) is 4.11. The first-order valence-electron chi connectivity index (χ1n) is 5.67. The van der Waals surface area contributed by atoms with E-state index in [2.05, 4.69) is 4.98 Å². The molecule has 0 fully saturated rings. The Hall–Kier alpha value is -1.94. The van der Waals surface area contributed by atoms with Crippen molar-refractivity contribution in [3.63, 3.8) is 0 Å². The van der Waals surface area contributed by atoms with Gasteiger partial charge in [-0.25, -0.2) is 9.37 Å². The van der Waals surface area contributed by atoms with Crippen molar-refractivity contribution in [3.8, 4) is 17.0 Å². The Bertz CT molecular complexity index is 555. The zero-order valence-corrected chi connectivity index (χ0v) is 10.4. The predicted molar refractivity (Wildman–Crippen MR) is 68.8 cm³/mol. The van der Waals surface area contributed by atoms with Crippen molar-refractivity contribution in [2.45, 2.75) is 13.0 Å². The summed E-state index contributed by atoms with van der Waals surface area (Å²) in [5.41, 5.74) is 7.93. The van der Waals surface area contributed by atoms with Crippen LogP contribution in [-0.2, 0) is 0 Å². The molecule has 0 radical (unpaired) electrons. The van der Waals surface area contributed by atoms with Crippen LogP contribution in [0.5, 0.6) is 5.88 Å². The number of benzene rings is 1. The summed E-state index contributed by atoms with van der Waals surface area (Å²) < 4.78 is 18.9. The van der Waals surface area contributed by atoms with Crippen molar-refractivity contribution in [2.24, 2.45) is 5.73 Å². The molecule has 0 bridgehead atoms. The highest BCUT2D eigenvalue weighted by Gasteiger charge is 2.09. The Morgan fingerprint density at radius 1 is 1.28 bits per heavy atom. The molecular formula is C14H15FN2O. The molecule has 1 aromatic heterocycles. The number of halogens is 1. The van der Waals surface area contributed by atoms with E-state index in [9.17, 15) is 4.39 Å². The van der Waals surface area contributed by atoms with Crippen LogP contribution in [0.2, 0.25) is 0 Å². The van der Waals surface area contributed by atoms with Gasteiger partial charge in [0.05, 0.1) is 7.11 Å². The van der Waals surface area contributed by atoms with Gasteiger partial charge in [0.25, 0.3) is 0 Å². The number of nitrogens with two attached hydrogens (primary N) is 1. The Morgan fingerprint density at radius 2 is 2.06 bits per heavy atom. The van der Waals surface area contributed by atoms with Gasteiger partial charge in [0.15, 0.2) is 0 Å². The van der Waals surface area contributed by atoms with Gasteiger partial charge in [0.1, 0.15) is 5.82 Å². The van der Waals surface area contributed by atoms with E-state index in [1.165, 1.54) is 13.2 Å². The van der Waals surface area contributed by atoms with E-state index in [1.54, 1.807) is 30.5 Å². The van der Waals surface area contributed by atoms with Crippen molar-refractivity contribution in [1.29, 1.82) is 0 Å². The van der Waals surface area contributed by atoms with Gasteiger partial charge in [-0.2, -0.15) is 0 Å². The first-order chi connectivity index (χ1) is 8.61. The zero-order valence-electron chi connectivity index (χ0n) is 10.4. The van der Waals surface area contributed by atoms with Gasteiger partial charge in [-0.05, 0) is 36.2 Å². The summed E-state index contributed by atoms with van der Waals surface area (Å²) >= 11 is 0. The molecule has 1 atom stereocenters. The van der Waals surface area contributed by atoms with Crippen molar-refractivity contribution in [2.75, 3.05) is 7.11 Å². The first-order valence-corrected chi connectivity index (χ1v) is 5.67. The fourth-order valence-corrected chi connectivity index (χ4v) is 1.74. The molecule has 1 aromatic carbocycles. The zero-order chi connectivity index (χ0) is 13.1. The molecule has 0 spiro atoms. The highest BCUT2D eigenvalue weighted by Crippen LogP contribution is 2.27. The second kappa shape index (κ2) is 5.14. The third kappa shape index (κ3) is 2.49. The summed E-state index contributed by atoms with van der Waals surface area (Å²) in [4.78, 5) is 4.00. The van der Waals surface area contributed by atoms with E-state index in [0.717, 1.165) is 11.1 Å². The maximum atomic E-state index is 13.9. The molecule has 0 saturated carbocycles. The topological polar surface area (TPSA) is 48.1 Å². The second-order valence-corrected chi connectivity index (χ2v) is 4.11. The van der Waals surface area contributed by atoms with Gasteiger partial charge >= 0.3 is 0 Å². The fourth-order valence-electron chi connectivity index (χ4n) is 1.74. The summed E-state index contributed by atoms with van der Waals surface area (Å²) in [5.74, 6) is 0.172. The van der Waals surface area contributed by atoms with E-state index in [4.69, 9.17) is 10.5 Å². The van der Waals surface area contributed by atoms with Gasteiger partial charge in [-0.3, -0.25) is 0 Å². The van der Waals surface area contributed by atoms with Gasteiger partial charge in [-0.15, -0.1) is 0 Å². The molecule has 0 aliphatic carbocycles. The standard InChI is InChI=1S/C14H15FN2O/c1-9(16)10-3-4-13(15)12(7-10)11-5-6-17-14(8-11)18-2/h3-9H,16H2,1-2H3. The Labute approximate surface area is 105 Å². The van der Waals surface area contributed by atoms with Crippen LogP contribution in [0.25, 0.3) is 11.1 Å². The third-order valence-electron chi connectivity index (χ3n) is 2.77. The molecule has 1 heterocycles. The summed E-state index contributed by atoms with van der Waals surface area (Å²) in [6.07, 6.45) is 1.59. The highest BCUT2D eigenvalue weighted by molar-refractivity contribution is 5.65. The van der Waals surface area contributed by atoms with Gasteiger partial charge < -0.3 is 10.5 Å². The van der Waals surface area contributed by atoms with Crippen LogP contribution in [-0.4, -0.2) is 12.1 Å². The molecule has 0 aliphatic heterocycles. The van der Waals surface area contributed by atoms with Gasteiger partial charge in [0, 0.05) is 23.9 Å². The molecule has 2 rings (SSSR count). The number of rotatable bonds is 3. The largest absolute Gasteiger partial charge is 0.481 e. The minimum absolute atomic E-state index is 0.131. The SMILES string of the molecule is COc1cc(-c2cc(C(C)N)ccc2F)ccn1. The molecule has 0 aliphatic rings. The van der Waals surface area contributed by atoms with Crippen molar-refractivity contribution in [1.82, 2.24) is 4.98 Å². The summed E-state index contributed by atoms with van der Waals surface area (Å²) in [5, 5.41) is 0. The van der Waals surface area contributed by atoms with Crippen LogP contribution < -0.4 is 10.5 Å². The molecule has 2 aromatic rings. The van der Waals surface area contributed by atoms with Gasteiger partial charge in [0.2, 0.25) is 5.88 Å². The lowest BCUT2D eigenvalue weighted by atomic mass is 10.0. The fraction of sp³-hybridized carbons (Fsp3) is 0.214. The number of aromatic nitrogens is 1. The quantitative estimate of drug-likeness (QED) is 0.905. The van der Waals surface area contributed by atoms with Crippen LogP contribution >= 0.6 is 0 Å². The van der Waals surface area contributed by atoms with E-state index in [0.29, 0.717) is 11.4 Å². The number of hydrogen-bond donors (Lipinski definition) is 1. The van der Waals surface area contributed by atoms with E-state index in [1.807, 2.05) is 6.92 Å². The molecule has 3 nitrogen and oxygen atoms in total. The molecule has 0 amide bonds. The van der Waals surface area contributed by atoms with Crippen LogP contribution in [0.3, 0.4) is 0 Å². The van der Waals surface area contributed by atoms with Crippen LogP contribution in [0.1, 0.15) is 18.5 Å². The number of pyridine rings is 1. The molecule has 4 heteroatoms. The molecule has 18 heavy (non-hydrogen) atoms. The first kappa shape index (κ1) is 12.5. The van der Waals surface area contributed by atoms with Crippen LogP contribution in [0.15, 0.2) is 36.5 Å². The van der Waals surface area contributed by atoms with Crippen molar-refractivity contribution < 1.29 is 9.13 Å². The van der Waals surface area contributed by atoms with Crippen LogP contribution in [0.4, 0.5) is 4.39 Å². The average molecular weight is 246 g/mol. The molecule has 94 valence electrons. The summed E-state index contributed by atoms with van der Waals surface area (Å²) in [7, 11) is 1.53. The maximum Gasteiger partial charge on any atom is 0.213 e. The Morgan fingerprint density at radius 3 is 2.72 bits per heavy atom. The summed E-state index contributed by atoms with van der Waals surface area (Å²) in [6.45, 7) is 1.87. The number of hydrogen-bond acceptors (Lipinski definition) is 3. The minimum atomic E-state index is -0.285. The van der Waals surface area contributed by atoms with Crippen molar-refractivity contribution in [3.05, 3.63) is 47.9 Å². The minimum Gasteiger partial charge on any atom is -0.481 e. The Kier molecular flexibility index (Phi) is 3.58. The number of nitrogens with zero attached hydrogens (tertiary/aromatic N) is 1. The molecule has 0 saturated heterocycles. The smallest absolute Gasteiger partial charge is 0.213 e. The summed E-state index contributed by atoms with van der Waals surface area (Å²) in [6, 6.07) is 8.19. The van der Waals surface area contributed by atoms with E-state index < -0.39 is 0 Å². The average Bonchev–Trinajstić information content (AvgIpc) is 2.39. The maximum absolute atomic E-state index is 13.9. The lowest BCUT2D eigenvalue weighted by Gasteiger charge is -2.10. The van der Waals surface area contributed by atoms with E-state index >= 15 is 0 Å². The molecular weight excluding hydrogens is 231 g/mol. The Balaban J connectivity index is 2.51. The molecule has 1 unspecified atom stereocenters. The molecule has 2 N–H and O–H groups in total. The number of ether oxygens (including phenoxy) is 1. The highest BCUT2D eigenvalue weighted by atomic mass is 19.1. The van der Waals surface area contributed by atoms with Gasteiger partial charge in [-0.1, -0.05) is 6.07 Å². The number of methoxy groups -OCH3 is 1. The lowest BCUT2D eigenvalue weighted by Crippen LogP contribution is -2.05. The lowest BCUT2D eigenvalue weighted by molar-refractivity contribution is 0.398. The third-order valence-corrected chi connectivity index (χ3v) is 2.77. The predicted octanol–water partition coefficient (Wildman–Crippen LogP) is 2.92. The van der Waals surface area contributed by atoms with Crippen LogP contribution in [0, 0.1) is 5.82 Å². The normalized spacial score (nSPS) is 12.2. The van der Waals surface area contributed by atoms with E-state index in [-0.39, 0.29) is 11.9 Å². The van der Waals surface area contributed by atoms with Crippen molar-refractivity contribution >= 4 is 0 Å². The monoisotopic (exact) mass is 246 g/mol.